The van der Waals surface area contributed by atoms with Crippen LogP contribution in [-0.4, -0.2) is 49.1 Å². The summed E-state index contributed by atoms with van der Waals surface area (Å²) < 4.78 is 5.60. The molecule has 158 valence electrons. The summed E-state index contributed by atoms with van der Waals surface area (Å²) in [6.07, 6.45) is 8.88. The Kier molecular flexibility index (Phi) is 6.53. The van der Waals surface area contributed by atoms with E-state index in [0.717, 1.165) is 32.1 Å². The van der Waals surface area contributed by atoms with E-state index in [9.17, 15) is 9.59 Å². The highest BCUT2D eigenvalue weighted by Gasteiger charge is 2.51. The van der Waals surface area contributed by atoms with Crippen molar-refractivity contribution < 1.29 is 14.3 Å². The Morgan fingerprint density at radius 1 is 1.07 bits per heavy atom. The smallest absolute Gasteiger partial charge is 0.225 e. The van der Waals surface area contributed by atoms with E-state index in [4.69, 9.17) is 4.74 Å². The molecule has 2 amide bonds. The summed E-state index contributed by atoms with van der Waals surface area (Å²) in [7, 11) is 0. The fourth-order valence-electron chi connectivity index (χ4n) is 5.41. The summed E-state index contributed by atoms with van der Waals surface area (Å²) in [5.41, 5.74) is 1.08. The van der Waals surface area contributed by atoms with Gasteiger partial charge in [0.15, 0.2) is 0 Å². The molecule has 3 fully saturated rings. The first-order valence-electron chi connectivity index (χ1n) is 11.4. The van der Waals surface area contributed by atoms with Crippen LogP contribution in [0.3, 0.4) is 0 Å². The highest BCUT2D eigenvalue weighted by Crippen LogP contribution is 2.44. The van der Waals surface area contributed by atoms with Crippen LogP contribution in [0, 0.1) is 11.3 Å². The molecule has 1 atom stereocenters. The summed E-state index contributed by atoms with van der Waals surface area (Å²) in [5, 5.41) is 3.33. The van der Waals surface area contributed by atoms with Crippen LogP contribution < -0.4 is 5.32 Å². The maximum Gasteiger partial charge on any atom is 0.225 e. The van der Waals surface area contributed by atoms with Crippen LogP contribution in [0.2, 0.25) is 0 Å². The second-order valence-electron chi connectivity index (χ2n) is 9.13. The molecule has 1 aromatic rings. The number of likely N-dealkylation sites (tertiary alicyclic amines) is 1. The molecule has 1 spiro atoms. The monoisotopic (exact) mass is 398 g/mol. The highest BCUT2D eigenvalue weighted by atomic mass is 16.5. The van der Waals surface area contributed by atoms with E-state index >= 15 is 0 Å². The summed E-state index contributed by atoms with van der Waals surface area (Å²) in [6.45, 7) is 2.65. The summed E-state index contributed by atoms with van der Waals surface area (Å²) >= 11 is 0. The first-order chi connectivity index (χ1) is 14.2. The molecular formula is C24H34N2O3. The molecule has 0 bridgehead atoms. The molecule has 4 rings (SSSR count). The number of hydrogen-bond acceptors (Lipinski definition) is 3. The van der Waals surface area contributed by atoms with Crippen molar-refractivity contribution in [2.24, 2.45) is 11.3 Å². The number of ether oxygens (including phenoxy) is 1. The lowest BCUT2D eigenvalue weighted by molar-refractivity contribution is -0.130. The van der Waals surface area contributed by atoms with E-state index in [1.807, 2.05) is 23.1 Å². The van der Waals surface area contributed by atoms with Crippen molar-refractivity contribution in [3.05, 3.63) is 35.9 Å². The third-order valence-electron chi connectivity index (χ3n) is 7.23. The van der Waals surface area contributed by atoms with Crippen LogP contribution in [0.5, 0.6) is 0 Å². The van der Waals surface area contributed by atoms with Gasteiger partial charge >= 0.3 is 0 Å². The second kappa shape index (κ2) is 9.29. The molecule has 3 aliphatic rings. The van der Waals surface area contributed by atoms with Crippen molar-refractivity contribution in [2.75, 3.05) is 26.3 Å². The Balaban J connectivity index is 1.40. The van der Waals surface area contributed by atoms with Gasteiger partial charge in [-0.2, -0.15) is 0 Å². The van der Waals surface area contributed by atoms with Gasteiger partial charge in [-0.25, -0.2) is 0 Å². The molecule has 1 aliphatic carbocycles. The molecule has 0 aromatic heterocycles. The van der Waals surface area contributed by atoms with Gasteiger partial charge in [0, 0.05) is 44.2 Å². The van der Waals surface area contributed by atoms with E-state index in [1.165, 1.54) is 24.8 Å². The molecule has 1 unspecified atom stereocenters. The summed E-state index contributed by atoms with van der Waals surface area (Å²) in [4.78, 5) is 28.2. The molecule has 1 aromatic carbocycles. The number of carbonyl (C=O) groups excluding carboxylic acids is 2. The van der Waals surface area contributed by atoms with Crippen molar-refractivity contribution >= 4 is 11.8 Å². The maximum absolute atomic E-state index is 13.2. The molecule has 2 saturated heterocycles. The number of nitrogens with zero attached hydrogens (tertiary/aromatic N) is 1. The van der Waals surface area contributed by atoms with Crippen LogP contribution in [-0.2, 0) is 20.7 Å². The SMILES string of the molecule is O=C(NC1CCCCC1)C1CN(C(=O)CCc2ccccc2)CC12CCOCC2. The zero-order valence-corrected chi connectivity index (χ0v) is 17.4. The van der Waals surface area contributed by atoms with Crippen LogP contribution in [0.25, 0.3) is 0 Å². The van der Waals surface area contributed by atoms with E-state index < -0.39 is 0 Å². The van der Waals surface area contributed by atoms with Crippen LogP contribution in [0.15, 0.2) is 30.3 Å². The normalized spacial score (nSPS) is 24.6. The van der Waals surface area contributed by atoms with Gasteiger partial charge in [-0.15, -0.1) is 0 Å². The minimum absolute atomic E-state index is 0.103. The van der Waals surface area contributed by atoms with Crippen LogP contribution in [0.1, 0.15) is 56.9 Å². The molecule has 1 saturated carbocycles. The Hall–Kier alpha value is -1.88. The zero-order valence-electron chi connectivity index (χ0n) is 17.4. The Bertz CT molecular complexity index is 693. The van der Waals surface area contributed by atoms with Gasteiger partial charge in [0.05, 0.1) is 5.92 Å². The number of hydrogen-bond donors (Lipinski definition) is 1. The van der Waals surface area contributed by atoms with Crippen molar-refractivity contribution in [2.45, 2.75) is 63.8 Å². The number of benzene rings is 1. The Morgan fingerprint density at radius 3 is 2.52 bits per heavy atom. The van der Waals surface area contributed by atoms with Crippen molar-refractivity contribution in [1.29, 1.82) is 0 Å². The Labute approximate surface area is 174 Å². The average molecular weight is 399 g/mol. The van der Waals surface area contributed by atoms with Crippen molar-refractivity contribution in [3.8, 4) is 0 Å². The minimum atomic E-state index is -0.112. The van der Waals surface area contributed by atoms with Gasteiger partial charge in [0.1, 0.15) is 0 Å². The van der Waals surface area contributed by atoms with Gasteiger partial charge in [0.25, 0.3) is 0 Å². The lowest BCUT2D eigenvalue weighted by atomic mass is 9.71. The standard InChI is InChI=1S/C24H34N2O3/c27-22(12-11-19-7-3-1-4-8-19)26-17-21(24(18-26)13-15-29-16-14-24)23(28)25-20-9-5-2-6-10-20/h1,3-4,7-8,20-21H,2,5-6,9-18H2,(H,25,28). The first kappa shape index (κ1) is 20.4. The molecular weight excluding hydrogens is 364 g/mol. The number of nitrogens with one attached hydrogen (secondary N) is 1. The van der Waals surface area contributed by atoms with Gasteiger partial charge in [-0.1, -0.05) is 49.6 Å². The Morgan fingerprint density at radius 2 is 1.79 bits per heavy atom. The predicted molar refractivity (Wildman–Crippen MR) is 112 cm³/mol. The molecule has 5 heteroatoms. The minimum Gasteiger partial charge on any atom is -0.381 e. The molecule has 2 heterocycles. The number of aryl methyl sites for hydroxylation is 1. The molecule has 2 aliphatic heterocycles. The largest absolute Gasteiger partial charge is 0.381 e. The molecule has 1 N–H and O–H groups in total. The lowest BCUT2D eigenvalue weighted by Crippen LogP contribution is -2.47. The van der Waals surface area contributed by atoms with E-state index in [2.05, 4.69) is 17.4 Å². The molecule has 5 nitrogen and oxygen atoms in total. The van der Waals surface area contributed by atoms with Crippen LogP contribution >= 0.6 is 0 Å². The topological polar surface area (TPSA) is 58.6 Å². The van der Waals surface area contributed by atoms with Crippen molar-refractivity contribution in [3.63, 3.8) is 0 Å². The maximum atomic E-state index is 13.2. The third-order valence-corrected chi connectivity index (χ3v) is 7.23. The fraction of sp³-hybridized carbons (Fsp3) is 0.667. The second-order valence-corrected chi connectivity index (χ2v) is 9.13. The zero-order chi connectivity index (χ0) is 20.1. The van der Waals surface area contributed by atoms with Crippen LogP contribution in [0.4, 0.5) is 0 Å². The first-order valence-corrected chi connectivity index (χ1v) is 11.4. The number of carbonyl (C=O) groups is 2. The average Bonchev–Trinajstić information content (AvgIpc) is 3.13. The van der Waals surface area contributed by atoms with Crippen molar-refractivity contribution in [1.82, 2.24) is 10.2 Å². The van der Waals surface area contributed by atoms with Gasteiger partial charge in [-0.3, -0.25) is 9.59 Å². The quantitative estimate of drug-likeness (QED) is 0.828. The van der Waals surface area contributed by atoms with Gasteiger partial charge in [0.2, 0.25) is 11.8 Å². The fourth-order valence-corrected chi connectivity index (χ4v) is 5.41. The third kappa shape index (κ3) is 4.82. The predicted octanol–water partition coefficient (Wildman–Crippen LogP) is 3.32. The van der Waals surface area contributed by atoms with Gasteiger partial charge < -0.3 is 15.0 Å². The molecule has 0 radical (unpaired) electrons. The molecule has 29 heavy (non-hydrogen) atoms. The van der Waals surface area contributed by atoms with E-state index in [-0.39, 0.29) is 23.1 Å². The van der Waals surface area contributed by atoms with E-state index in [1.54, 1.807) is 0 Å². The summed E-state index contributed by atoms with van der Waals surface area (Å²) in [5.74, 6) is 0.235. The van der Waals surface area contributed by atoms with Gasteiger partial charge in [-0.05, 0) is 37.7 Å². The summed E-state index contributed by atoms with van der Waals surface area (Å²) in [6, 6.07) is 10.5. The number of amides is 2. The number of rotatable bonds is 5. The lowest BCUT2D eigenvalue weighted by Gasteiger charge is -2.37. The highest BCUT2D eigenvalue weighted by molar-refractivity contribution is 5.83. The van der Waals surface area contributed by atoms with E-state index in [0.29, 0.717) is 38.8 Å².